The second-order valence-electron chi connectivity index (χ2n) is 2.13. The zero-order chi connectivity index (χ0) is 8.23. The summed E-state index contributed by atoms with van der Waals surface area (Å²) < 4.78 is 10.2. The van der Waals surface area contributed by atoms with Gasteiger partial charge in [0.2, 0.25) is 11.8 Å². The first-order valence-electron chi connectivity index (χ1n) is 3.45. The van der Waals surface area contributed by atoms with Crippen LogP contribution in [0.15, 0.2) is 29.4 Å². The number of ether oxygens (including phenoxy) is 1. The van der Waals surface area contributed by atoms with Gasteiger partial charge in [0.15, 0.2) is 6.61 Å². The number of hydrogen-bond donors (Lipinski definition) is 1. The van der Waals surface area contributed by atoms with Gasteiger partial charge in [0.05, 0.1) is 18.7 Å². The highest BCUT2D eigenvalue weighted by Gasteiger charge is 1.98. The number of rotatable bonds is 3. The summed E-state index contributed by atoms with van der Waals surface area (Å²) in [6.45, 7) is 0.315. The van der Waals surface area contributed by atoms with Crippen molar-refractivity contribution in [2.75, 3.05) is 0 Å². The molecule has 0 aromatic carbocycles. The van der Waals surface area contributed by atoms with Gasteiger partial charge in [-0.25, -0.2) is 9.97 Å². The number of nitrogens with one attached hydrogen (secondary N) is 1. The molecule has 2 aromatic rings. The van der Waals surface area contributed by atoms with Crippen LogP contribution in [-0.2, 0) is 6.61 Å². The van der Waals surface area contributed by atoms with Crippen molar-refractivity contribution in [2.45, 2.75) is 6.61 Å². The van der Waals surface area contributed by atoms with Crippen LogP contribution in [0, 0.1) is 0 Å². The maximum atomic E-state index is 5.22. The van der Waals surface area contributed by atoms with Gasteiger partial charge in [0, 0.05) is 0 Å². The minimum absolute atomic E-state index is 0.315. The molecular formula is C7H7N3O2. The third-order valence-electron chi connectivity index (χ3n) is 1.31. The molecule has 0 radical (unpaired) electrons. The Morgan fingerprint density at radius 3 is 3.25 bits per heavy atom. The molecule has 0 bridgehead atoms. The van der Waals surface area contributed by atoms with Crippen molar-refractivity contribution >= 4 is 0 Å². The van der Waals surface area contributed by atoms with E-state index in [1.165, 1.54) is 6.26 Å². The van der Waals surface area contributed by atoms with E-state index in [1.54, 1.807) is 18.7 Å². The van der Waals surface area contributed by atoms with Gasteiger partial charge >= 0.3 is 0 Å². The number of imidazole rings is 1. The van der Waals surface area contributed by atoms with Crippen molar-refractivity contribution in [3.63, 3.8) is 0 Å². The van der Waals surface area contributed by atoms with Crippen LogP contribution in [0.5, 0.6) is 5.88 Å². The van der Waals surface area contributed by atoms with Gasteiger partial charge in [-0.2, -0.15) is 0 Å². The Bertz CT molecular complexity index is 280. The molecule has 0 atom stereocenters. The number of H-pyrrole nitrogens is 1. The van der Waals surface area contributed by atoms with E-state index in [4.69, 9.17) is 9.15 Å². The van der Waals surface area contributed by atoms with Crippen LogP contribution in [0.3, 0.4) is 0 Å². The van der Waals surface area contributed by atoms with Crippen molar-refractivity contribution in [3.8, 4) is 5.88 Å². The minimum Gasteiger partial charge on any atom is -0.468 e. The lowest BCUT2D eigenvalue weighted by Crippen LogP contribution is -1.94. The van der Waals surface area contributed by atoms with Crippen LogP contribution in [0.2, 0.25) is 0 Å². The first kappa shape index (κ1) is 6.90. The van der Waals surface area contributed by atoms with E-state index in [-0.39, 0.29) is 0 Å². The number of hydrogen-bond acceptors (Lipinski definition) is 4. The molecule has 0 aliphatic carbocycles. The normalized spacial score (nSPS) is 10.0. The molecule has 2 aromatic heterocycles. The summed E-state index contributed by atoms with van der Waals surface area (Å²) >= 11 is 0. The van der Waals surface area contributed by atoms with E-state index in [0.717, 1.165) is 0 Å². The highest BCUT2D eigenvalue weighted by atomic mass is 16.5. The van der Waals surface area contributed by atoms with Gasteiger partial charge in [0.25, 0.3) is 0 Å². The Hall–Kier alpha value is -1.78. The number of oxazole rings is 1. The molecule has 0 unspecified atom stereocenters. The van der Waals surface area contributed by atoms with Gasteiger partial charge in [0.1, 0.15) is 6.26 Å². The average molecular weight is 165 g/mol. The van der Waals surface area contributed by atoms with Crippen molar-refractivity contribution in [1.29, 1.82) is 0 Å². The maximum absolute atomic E-state index is 5.22. The molecule has 0 saturated carbocycles. The summed E-state index contributed by atoms with van der Waals surface area (Å²) in [6.07, 6.45) is 6.21. The van der Waals surface area contributed by atoms with Crippen LogP contribution in [0.25, 0.3) is 0 Å². The minimum atomic E-state index is 0.315. The van der Waals surface area contributed by atoms with E-state index in [9.17, 15) is 0 Å². The Balaban J connectivity index is 1.91. The summed E-state index contributed by atoms with van der Waals surface area (Å²) in [5.74, 6) is 1.15. The Kier molecular flexibility index (Phi) is 1.77. The molecule has 1 N–H and O–H groups in total. The zero-order valence-electron chi connectivity index (χ0n) is 6.23. The molecular weight excluding hydrogens is 158 g/mol. The summed E-state index contributed by atoms with van der Waals surface area (Å²) in [6, 6.07) is 0. The summed E-state index contributed by atoms with van der Waals surface area (Å²) in [4.78, 5) is 10.5. The highest BCUT2D eigenvalue weighted by Crippen LogP contribution is 2.05. The molecule has 62 valence electrons. The molecule has 12 heavy (non-hydrogen) atoms. The summed E-state index contributed by atoms with van der Waals surface area (Å²) in [5.41, 5.74) is 0. The monoisotopic (exact) mass is 165 g/mol. The van der Waals surface area contributed by atoms with Crippen LogP contribution >= 0.6 is 0 Å². The van der Waals surface area contributed by atoms with Crippen LogP contribution in [-0.4, -0.2) is 15.0 Å². The third kappa shape index (κ3) is 1.45. The van der Waals surface area contributed by atoms with Crippen molar-refractivity contribution < 1.29 is 9.15 Å². The van der Waals surface area contributed by atoms with E-state index in [0.29, 0.717) is 18.4 Å². The molecule has 0 amide bonds. The lowest BCUT2D eigenvalue weighted by atomic mass is 10.7. The fourth-order valence-electron chi connectivity index (χ4n) is 0.786. The molecule has 0 aliphatic rings. The van der Waals surface area contributed by atoms with Gasteiger partial charge in [-0.15, -0.1) is 0 Å². The molecule has 0 spiro atoms. The fourth-order valence-corrected chi connectivity index (χ4v) is 0.786. The first-order chi connectivity index (χ1) is 5.95. The SMILES string of the molecule is c1coc(COc2cnc[nH]2)n1. The molecule has 0 aliphatic heterocycles. The number of aromatic amines is 1. The van der Waals surface area contributed by atoms with Gasteiger partial charge in [-0.1, -0.05) is 0 Å². The molecule has 2 rings (SSSR count). The standard InChI is InChI=1S/C7H7N3O2/c1-2-11-7(9-1)4-12-6-3-8-5-10-6/h1-3,5H,4H2,(H,8,10). The molecule has 0 fully saturated rings. The van der Waals surface area contributed by atoms with E-state index in [1.807, 2.05) is 0 Å². The predicted molar refractivity (Wildman–Crippen MR) is 39.4 cm³/mol. The Morgan fingerprint density at radius 2 is 2.58 bits per heavy atom. The Labute approximate surface area is 68.4 Å². The van der Waals surface area contributed by atoms with Gasteiger partial charge in [-0.05, 0) is 0 Å². The molecule has 5 heteroatoms. The van der Waals surface area contributed by atoms with E-state index >= 15 is 0 Å². The second-order valence-corrected chi connectivity index (χ2v) is 2.13. The first-order valence-corrected chi connectivity index (χ1v) is 3.45. The fraction of sp³-hybridized carbons (Fsp3) is 0.143. The van der Waals surface area contributed by atoms with Crippen molar-refractivity contribution in [3.05, 3.63) is 30.9 Å². The van der Waals surface area contributed by atoms with Crippen molar-refractivity contribution in [2.24, 2.45) is 0 Å². The van der Waals surface area contributed by atoms with Crippen LogP contribution in [0.1, 0.15) is 5.89 Å². The Morgan fingerprint density at radius 1 is 1.58 bits per heavy atom. The van der Waals surface area contributed by atoms with Gasteiger partial charge < -0.3 is 14.1 Å². The summed E-state index contributed by atoms with van der Waals surface area (Å²) in [7, 11) is 0. The lowest BCUT2D eigenvalue weighted by Gasteiger charge is -1.97. The number of nitrogens with zero attached hydrogens (tertiary/aromatic N) is 2. The molecule has 5 nitrogen and oxygen atoms in total. The van der Waals surface area contributed by atoms with Crippen LogP contribution in [0.4, 0.5) is 0 Å². The topological polar surface area (TPSA) is 63.9 Å². The smallest absolute Gasteiger partial charge is 0.232 e. The second kappa shape index (κ2) is 3.08. The third-order valence-corrected chi connectivity index (χ3v) is 1.31. The van der Waals surface area contributed by atoms with Gasteiger partial charge in [-0.3, -0.25) is 0 Å². The number of aromatic nitrogens is 3. The van der Waals surface area contributed by atoms with Crippen molar-refractivity contribution in [1.82, 2.24) is 15.0 Å². The molecule has 2 heterocycles. The van der Waals surface area contributed by atoms with E-state index < -0.39 is 0 Å². The average Bonchev–Trinajstić information content (AvgIpc) is 2.74. The van der Waals surface area contributed by atoms with Crippen LogP contribution < -0.4 is 4.74 Å². The summed E-state index contributed by atoms with van der Waals surface area (Å²) in [5, 5.41) is 0. The lowest BCUT2D eigenvalue weighted by molar-refractivity contribution is 0.255. The largest absolute Gasteiger partial charge is 0.468 e. The quantitative estimate of drug-likeness (QED) is 0.736. The maximum Gasteiger partial charge on any atom is 0.232 e. The highest BCUT2D eigenvalue weighted by molar-refractivity contribution is 5.01. The molecule has 0 saturated heterocycles. The predicted octanol–water partition coefficient (Wildman–Crippen LogP) is 0.977. The zero-order valence-corrected chi connectivity index (χ0v) is 6.23. The van der Waals surface area contributed by atoms with E-state index in [2.05, 4.69) is 15.0 Å².